The summed E-state index contributed by atoms with van der Waals surface area (Å²) in [6, 6.07) is 14.8. The second kappa shape index (κ2) is 7.94. The molecule has 3 heteroatoms. The molecular formula is C20H18O3. The van der Waals surface area contributed by atoms with Crippen LogP contribution in [-0.2, 0) is 4.74 Å². The van der Waals surface area contributed by atoms with Crippen LogP contribution in [0.3, 0.4) is 0 Å². The Labute approximate surface area is 137 Å². The van der Waals surface area contributed by atoms with E-state index in [1.54, 1.807) is 14.2 Å². The number of methoxy groups -OCH3 is 2. The van der Waals surface area contributed by atoms with Crippen LogP contribution in [0.25, 0.3) is 0 Å². The van der Waals surface area contributed by atoms with E-state index >= 15 is 0 Å². The van der Waals surface area contributed by atoms with E-state index in [1.165, 1.54) is 0 Å². The highest BCUT2D eigenvalue weighted by Gasteiger charge is 2.17. The van der Waals surface area contributed by atoms with Crippen LogP contribution in [0.5, 0.6) is 11.5 Å². The SMILES string of the molecule is C#CC(OC(C#C)c1ccc(OC)cc1)c1ccc(OC)cc1. The van der Waals surface area contributed by atoms with Crippen molar-refractivity contribution in [2.24, 2.45) is 0 Å². The Hall–Kier alpha value is -2.88. The molecule has 116 valence electrons. The number of rotatable bonds is 6. The van der Waals surface area contributed by atoms with E-state index in [-0.39, 0.29) is 0 Å². The molecule has 0 bridgehead atoms. The maximum absolute atomic E-state index is 5.91. The van der Waals surface area contributed by atoms with Gasteiger partial charge in [0.25, 0.3) is 0 Å². The number of hydrogen-bond donors (Lipinski definition) is 0. The molecular weight excluding hydrogens is 288 g/mol. The summed E-state index contributed by atoms with van der Waals surface area (Å²) >= 11 is 0. The Kier molecular flexibility index (Phi) is 5.69. The lowest BCUT2D eigenvalue weighted by Crippen LogP contribution is -2.08. The van der Waals surface area contributed by atoms with Crippen LogP contribution >= 0.6 is 0 Å². The van der Waals surface area contributed by atoms with Crippen LogP contribution < -0.4 is 9.47 Å². The van der Waals surface area contributed by atoms with Gasteiger partial charge in [0.2, 0.25) is 0 Å². The minimum absolute atomic E-state index is 0.538. The third kappa shape index (κ3) is 4.07. The number of terminal acetylenes is 2. The molecule has 0 saturated carbocycles. The van der Waals surface area contributed by atoms with Gasteiger partial charge in [-0.25, -0.2) is 0 Å². The third-order valence-corrected chi connectivity index (χ3v) is 3.41. The maximum Gasteiger partial charge on any atom is 0.145 e. The van der Waals surface area contributed by atoms with Crippen LogP contribution in [0, 0.1) is 24.7 Å². The first-order chi connectivity index (χ1) is 11.2. The normalized spacial score (nSPS) is 12.5. The van der Waals surface area contributed by atoms with Crippen molar-refractivity contribution >= 4 is 0 Å². The van der Waals surface area contributed by atoms with Gasteiger partial charge in [-0.2, -0.15) is 0 Å². The second-order valence-electron chi connectivity index (χ2n) is 4.78. The van der Waals surface area contributed by atoms with Crippen LogP contribution in [0.1, 0.15) is 23.3 Å². The molecule has 2 unspecified atom stereocenters. The standard InChI is InChI=1S/C20H18O3/c1-5-19(15-7-11-17(21-3)12-8-15)23-20(6-2)16-9-13-18(22-4)14-10-16/h1-2,7-14,19-20H,3-4H3. The molecule has 23 heavy (non-hydrogen) atoms. The highest BCUT2D eigenvalue weighted by atomic mass is 16.5. The minimum atomic E-state index is -0.538. The van der Waals surface area contributed by atoms with Crippen molar-refractivity contribution in [3.8, 4) is 36.2 Å². The zero-order valence-electron chi connectivity index (χ0n) is 13.2. The fraction of sp³-hybridized carbons (Fsp3) is 0.200. The first-order valence-electron chi connectivity index (χ1n) is 7.07. The Bertz CT molecular complexity index is 639. The minimum Gasteiger partial charge on any atom is -0.497 e. The Balaban J connectivity index is 2.17. The van der Waals surface area contributed by atoms with Crippen LogP contribution in [-0.4, -0.2) is 14.2 Å². The zero-order chi connectivity index (χ0) is 16.7. The summed E-state index contributed by atoms with van der Waals surface area (Å²) in [6.45, 7) is 0. The van der Waals surface area contributed by atoms with Crippen molar-refractivity contribution in [3.05, 3.63) is 59.7 Å². The highest BCUT2D eigenvalue weighted by molar-refractivity contribution is 5.34. The van der Waals surface area contributed by atoms with Gasteiger partial charge in [-0.3, -0.25) is 0 Å². The summed E-state index contributed by atoms with van der Waals surface area (Å²) in [4.78, 5) is 0. The molecule has 2 aromatic carbocycles. The molecule has 0 aromatic heterocycles. The number of hydrogen-bond acceptors (Lipinski definition) is 3. The molecule has 0 N–H and O–H groups in total. The second-order valence-corrected chi connectivity index (χ2v) is 4.78. The highest BCUT2D eigenvalue weighted by Crippen LogP contribution is 2.28. The van der Waals surface area contributed by atoms with Crippen molar-refractivity contribution in [2.45, 2.75) is 12.2 Å². The molecule has 0 fully saturated rings. The average Bonchev–Trinajstić information content (AvgIpc) is 2.63. The number of benzene rings is 2. The van der Waals surface area contributed by atoms with Crippen molar-refractivity contribution < 1.29 is 14.2 Å². The van der Waals surface area contributed by atoms with E-state index < -0.39 is 12.2 Å². The Morgan fingerprint density at radius 3 is 1.30 bits per heavy atom. The van der Waals surface area contributed by atoms with Crippen LogP contribution in [0.15, 0.2) is 48.5 Å². The quantitative estimate of drug-likeness (QED) is 0.760. The van der Waals surface area contributed by atoms with E-state index in [4.69, 9.17) is 27.1 Å². The van der Waals surface area contributed by atoms with Crippen molar-refractivity contribution in [1.29, 1.82) is 0 Å². The predicted octanol–water partition coefficient (Wildman–Crippen LogP) is 3.77. The van der Waals surface area contributed by atoms with Gasteiger partial charge >= 0.3 is 0 Å². The Morgan fingerprint density at radius 1 is 0.696 bits per heavy atom. The topological polar surface area (TPSA) is 27.7 Å². The summed E-state index contributed by atoms with van der Waals surface area (Å²) in [5.41, 5.74) is 1.70. The van der Waals surface area contributed by atoms with E-state index in [0.717, 1.165) is 22.6 Å². The summed E-state index contributed by atoms with van der Waals surface area (Å²) in [6.07, 6.45) is 10.1. The lowest BCUT2D eigenvalue weighted by atomic mass is 10.1. The fourth-order valence-corrected chi connectivity index (χ4v) is 2.12. The summed E-state index contributed by atoms with van der Waals surface area (Å²) in [5.74, 6) is 6.77. The Morgan fingerprint density at radius 2 is 1.04 bits per heavy atom. The number of ether oxygens (including phenoxy) is 3. The van der Waals surface area contributed by atoms with Gasteiger partial charge in [0.15, 0.2) is 0 Å². The monoisotopic (exact) mass is 306 g/mol. The largest absolute Gasteiger partial charge is 0.497 e. The van der Waals surface area contributed by atoms with Gasteiger partial charge in [0.1, 0.15) is 23.7 Å². The van der Waals surface area contributed by atoms with Crippen molar-refractivity contribution in [1.82, 2.24) is 0 Å². The lowest BCUT2D eigenvalue weighted by molar-refractivity contribution is 0.0515. The molecule has 0 amide bonds. The van der Waals surface area contributed by atoms with Gasteiger partial charge in [-0.15, -0.1) is 12.8 Å². The molecule has 2 atom stereocenters. The van der Waals surface area contributed by atoms with E-state index in [0.29, 0.717) is 0 Å². The molecule has 2 rings (SSSR count). The van der Waals surface area contributed by atoms with E-state index in [2.05, 4.69) is 11.8 Å². The van der Waals surface area contributed by atoms with Gasteiger partial charge in [0.05, 0.1) is 14.2 Å². The summed E-state index contributed by atoms with van der Waals surface area (Å²) < 4.78 is 16.2. The molecule has 0 aliphatic heterocycles. The molecule has 0 aliphatic rings. The van der Waals surface area contributed by atoms with Crippen LogP contribution in [0.2, 0.25) is 0 Å². The first-order valence-corrected chi connectivity index (χ1v) is 7.07. The van der Waals surface area contributed by atoms with Gasteiger partial charge in [-0.05, 0) is 35.4 Å². The summed E-state index contributed by atoms with van der Waals surface area (Å²) in [5, 5.41) is 0. The summed E-state index contributed by atoms with van der Waals surface area (Å²) in [7, 11) is 3.23. The molecule has 0 heterocycles. The molecule has 2 aromatic rings. The third-order valence-electron chi connectivity index (χ3n) is 3.41. The molecule has 3 nitrogen and oxygen atoms in total. The maximum atomic E-state index is 5.91. The molecule has 0 radical (unpaired) electrons. The first kappa shape index (κ1) is 16.5. The predicted molar refractivity (Wildman–Crippen MR) is 90.2 cm³/mol. The van der Waals surface area contributed by atoms with E-state index in [9.17, 15) is 0 Å². The fourth-order valence-electron chi connectivity index (χ4n) is 2.12. The van der Waals surface area contributed by atoms with Crippen LogP contribution in [0.4, 0.5) is 0 Å². The molecule has 0 saturated heterocycles. The van der Waals surface area contributed by atoms with Crippen molar-refractivity contribution in [3.63, 3.8) is 0 Å². The van der Waals surface area contributed by atoms with Gasteiger partial charge < -0.3 is 14.2 Å². The van der Waals surface area contributed by atoms with E-state index in [1.807, 2.05) is 48.5 Å². The molecule has 0 aliphatic carbocycles. The van der Waals surface area contributed by atoms with Gasteiger partial charge in [0, 0.05) is 0 Å². The average molecular weight is 306 g/mol. The molecule has 0 spiro atoms. The smallest absolute Gasteiger partial charge is 0.145 e. The van der Waals surface area contributed by atoms with Gasteiger partial charge in [-0.1, -0.05) is 36.1 Å². The zero-order valence-corrected chi connectivity index (χ0v) is 13.2. The lowest BCUT2D eigenvalue weighted by Gasteiger charge is -2.19. The van der Waals surface area contributed by atoms with Crippen molar-refractivity contribution in [2.75, 3.05) is 14.2 Å².